The van der Waals surface area contributed by atoms with Gasteiger partial charge in [0.05, 0.1) is 5.75 Å². The molecule has 0 saturated carbocycles. The van der Waals surface area contributed by atoms with Crippen LogP contribution in [0, 0.1) is 0 Å². The normalized spacial score (nSPS) is 12.0. The molecule has 0 saturated heterocycles. The van der Waals surface area contributed by atoms with Crippen LogP contribution >= 0.6 is 11.6 Å². The van der Waals surface area contributed by atoms with Crippen LogP contribution in [0.2, 0.25) is 5.02 Å². The summed E-state index contributed by atoms with van der Waals surface area (Å²) in [7, 11) is -0.144. The van der Waals surface area contributed by atoms with Crippen LogP contribution in [0.25, 0.3) is 0 Å². The minimum Gasteiger partial charge on any atom is -0.352 e. The molecule has 0 fully saturated rings. The summed E-state index contributed by atoms with van der Waals surface area (Å²) in [4.78, 5) is 4.19. The van der Waals surface area contributed by atoms with Gasteiger partial charge in [0.15, 0.2) is 5.96 Å². The van der Waals surface area contributed by atoms with E-state index in [1.807, 2.05) is 48.5 Å². The molecule has 0 aliphatic heterocycles. The lowest BCUT2D eigenvalue weighted by atomic mass is 10.1. The highest BCUT2D eigenvalue weighted by Gasteiger charge is 2.08. The number of rotatable bonds is 7. The molecule has 0 unspecified atom stereocenters. The van der Waals surface area contributed by atoms with Crippen LogP contribution in [-0.4, -0.2) is 28.5 Å². The summed E-state index contributed by atoms with van der Waals surface area (Å²) < 4.78 is 25.4. The van der Waals surface area contributed by atoms with Crippen molar-refractivity contribution in [3.05, 3.63) is 70.2 Å². The lowest BCUT2D eigenvalue weighted by molar-refractivity contribution is 0.587. The van der Waals surface area contributed by atoms with Gasteiger partial charge in [0, 0.05) is 25.2 Å². The van der Waals surface area contributed by atoms with Gasteiger partial charge in [-0.15, -0.1) is 0 Å². The number of benzene rings is 2. The highest BCUT2D eigenvalue weighted by molar-refractivity contribution is 7.88. The van der Waals surface area contributed by atoms with E-state index >= 15 is 0 Å². The van der Waals surface area contributed by atoms with Crippen molar-refractivity contribution in [2.75, 3.05) is 14.1 Å². The number of hydrogen-bond donors (Lipinski definition) is 3. The third-order valence-electron chi connectivity index (χ3n) is 3.78. The van der Waals surface area contributed by atoms with Crippen LogP contribution in [0.3, 0.4) is 0 Å². The Hall–Kier alpha value is -2.09. The second-order valence-electron chi connectivity index (χ2n) is 5.65. The summed E-state index contributed by atoms with van der Waals surface area (Å²) in [6, 6.07) is 15.1. The summed E-state index contributed by atoms with van der Waals surface area (Å²) >= 11 is 6.15. The second kappa shape index (κ2) is 9.56. The van der Waals surface area contributed by atoms with Crippen LogP contribution in [0.4, 0.5) is 0 Å². The quantitative estimate of drug-likeness (QED) is 0.497. The Bertz CT molecular complexity index is 852. The number of halogens is 1. The smallest absolute Gasteiger partial charge is 0.215 e. The van der Waals surface area contributed by atoms with Crippen LogP contribution in [0.5, 0.6) is 0 Å². The van der Waals surface area contributed by atoms with E-state index in [4.69, 9.17) is 11.6 Å². The lowest BCUT2D eigenvalue weighted by Gasteiger charge is -2.13. The van der Waals surface area contributed by atoms with Crippen molar-refractivity contribution in [3.8, 4) is 0 Å². The zero-order valence-electron chi connectivity index (χ0n) is 14.8. The van der Waals surface area contributed by atoms with Crippen LogP contribution in [0.1, 0.15) is 16.7 Å². The van der Waals surface area contributed by atoms with Crippen molar-refractivity contribution in [2.45, 2.75) is 18.8 Å². The average Bonchev–Trinajstić information content (AvgIpc) is 2.64. The number of guanidine groups is 1. The Morgan fingerprint density at radius 3 is 2.23 bits per heavy atom. The molecule has 0 atom stereocenters. The fraction of sp³-hybridized carbons (Fsp3) is 0.278. The van der Waals surface area contributed by atoms with Gasteiger partial charge in [-0.25, -0.2) is 13.1 Å². The molecule has 140 valence electrons. The van der Waals surface area contributed by atoms with E-state index in [0.29, 0.717) is 24.1 Å². The molecule has 8 heteroatoms. The minimum absolute atomic E-state index is 0.0295. The van der Waals surface area contributed by atoms with Gasteiger partial charge in [0.1, 0.15) is 0 Å². The summed E-state index contributed by atoms with van der Waals surface area (Å²) in [5.41, 5.74) is 2.76. The molecule has 2 rings (SSSR count). The highest BCUT2D eigenvalue weighted by Crippen LogP contribution is 2.14. The molecule has 0 heterocycles. The summed E-state index contributed by atoms with van der Waals surface area (Å²) in [6.07, 6.45) is 0. The SMILES string of the molecule is CN=C(NCc1ccc(CS(=O)(=O)NC)cc1)NCc1ccccc1Cl. The van der Waals surface area contributed by atoms with Gasteiger partial charge >= 0.3 is 0 Å². The van der Waals surface area contributed by atoms with Gasteiger partial charge in [0.25, 0.3) is 0 Å². The van der Waals surface area contributed by atoms with Crippen molar-refractivity contribution in [1.29, 1.82) is 0 Å². The first-order valence-corrected chi connectivity index (χ1v) is 10.1. The molecule has 0 aliphatic rings. The van der Waals surface area contributed by atoms with Gasteiger partial charge < -0.3 is 10.6 Å². The van der Waals surface area contributed by atoms with Crippen molar-refractivity contribution in [2.24, 2.45) is 4.99 Å². The van der Waals surface area contributed by atoms with Crippen LogP contribution < -0.4 is 15.4 Å². The van der Waals surface area contributed by atoms with E-state index in [9.17, 15) is 8.42 Å². The third kappa shape index (κ3) is 6.33. The van der Waals surface area contributed by atoms with Crippen molar-refractivity contribution in [1.82, 2.24) is 15.4 Å². The minimum atomic E-state index is -3.26. The highest BCUT2D eigenvalue weighted by atomic mass is 35.5. The molecule has 2 aromatic carbocycles. The first kappa shape index (κ1) is 20.2. The maximum Gasteiger partial charge on any atom is 0.215 e. The van der Waals surface area contributed by atoms with Crippen LogP contribution in [0.15, 0.2) is 53.5 Å². The Kier molecular flexibility index (Phi) is 7.44. The molecule has 0 amide bonds. The number of hydrogen-bond acceptors (Lipinski definition) is 3. The number of nitrogens with one attached hydrogen (secondary N) is 3. The Balaban J connectivity index is 1.87. The van der Waals surface area contributed by atoms with Gasteiger partial charge in [-0.1, -0.05) is 54.1 Å². The van der Waals surface area contributed by atoms with Gasteiger partial charge in [0.2, 0.25) is 10.0 Å². The number of sulfonamides is 1. The van der Waals surface area contributed by atoms with E-state index in [0.717, 1.165) is 16.7 Å². The first-order chi connectivity index (χ1) is 12.4. The Morgan fingerprint density at radius 2 is 1.62 bits per heavy atom. The molecule has 0 aliphatic carbocycles. The molecular formula is C18H23ClN4O2S. The topological polar surface area (TPSA) is 82.6 Å². The molecular weight excluding hydrogens is 372 g/mol. The first-order valence-electron chi connectivity index (χ1n) is 8.10. The van der Waals surface area contributed by atoms with E-state index in [2.05, 4.69) is 20.3 Å². The monoisotopic (exact) mass is 394 g/mol. The van der Waals surface area contributed by atoms with Crippen molar-refractivity contribution in [3.63, 3.8) is 0 Å². The fourth-order valence-electron chi connectivity index (χ4n) is 2.27. The number of nitrogens with zero attached hydrogens (tertiary/aromatic N) is 1. The lowest BCUT2D eigenvalue weighted by Crippen LogP contribution is -2.36. The maximum absolute atomic E-state index is 11.6. The largest absolute Gasteiger partial charge is 0.352 e. The molecule has 6 nitrogen and oxygen atoms in total. The summed E-state index contributed by atoms with van der Waals surface area (Å²) in [5.74, 6) is 0.630. The van der Waals surface area contributed by atoms with E-state index in [-0.39, 0.29) is 5.75 Å². The summed E-state index contributed by atoms with van der Waals surface area (Å²) in [6.45, 7) is 1.14. The predicted octanol–water partition coefficient (Wildman–Crippen LogP) is 2.25. The van der Waals surface area contributed by atoms with Gasteiger partial charge in [-0.2, -0.15) is 0 Å². The second-order valence-corrected chi connectivity index (χ2v) is 7.98. The molecule has 0 bridgehead atoms. The zero-order chi connectivity index (χ0) is 19.0. The van der Waals surface area contributed by atoms with E-state index in [1.54, 1.807) is 7.05 Å². The molecule has 26 heavy (non-hydrogen) atoms. The third-order valence-corrected chi connectivity index (χ3v) is 5.48. The van der Waals surface area contributed by atoms with Crippen molar-refractivity contribution >= 4 is 27.6 Å². The molecule has 3 N–H and O–H groups in total. The molecule has 0 radical (unpaired) electrons. The Morgan fingerprint density at radius 1 is 1.00 bits per heavy atom. The zero-order valence-corrected chi connectivity index (χ0v) is 16.4. The molecule has 0 spiro atoms. The van der Waals surface area contributed by atoms with E-state index in [1.165, 1.54) is 7.05 Å². The maximum atomic E-state index is 11.6. The van der Waals surface area contributed by atoms with Gasteiger partial charge in [-0.3, -0.25) is 4.99 Å². The standard InChI is InChI=1S/C18H23ClN4O2S/c1-20-18(23-12-16-5-3-4-6-17(16)19)22-11-14-7-9-15(10-8-14)13-26(24,25)21-2/h3-10,21H,11-13H2,1-2H3,(H2,20,22,23). The van der Waals surface area contributed by atoms with Gasteiger partial charge in [-0.05, 0) is 29.8 Å². The number of aliphatic imine (C=N–C) groups is 1. The van der Waals surface area contributed by atoms with Crippen LogP contribution in [-0.2, 0) is 28.9 Å². The summed E-state index contributed by atoms with van der Waals surface area (Å²) in [5, 5.41) is 7.14. The predicted molar refractivity (Wildman–Crippen MR) is 107 cm³/mol. The fourth-order valence-corrected chi connectivity index (χ4v) is 3.25. The average molecular weight is 395 g/mol. The van der Waals surface area contributed by atoms with Crippen molar-refractivity contribution < 1.29 is 8.42 Å². The molecule has 0 aromatic heterocycles. The van der Waals surface area contributed by atoms with E-state index < -0.39 is 10.0 Å². The Labute approximate surface area is 159 Å². The molecule has 2 aromatic rings.